The third-order valence-electron chi connectivity index (χ3n) is 3.11. The minimum atomic E-state index is -0.200. The molecule has 2 rings (SSSR count). The third-order valence-corrected chi connectivity index (χ3v) is 3.11. The van der Waals surface area contributed by atoms with E-state index in [1.54, 1.807) is 12.1 Å². The van der Waals surface area contributed by atoms with Crippen molar-refractivity contribution in [3.05, 3.63) is 35.9 Å². The largest absolute Gasteiger partial charge is 0.316 e. The fourth-order valence-corrected chi connectivity index (χ4v) is 2.15. The number of hydrogen-bond donors (Lipinski definition) is 1. The van der Waals surface area contributed by atoms with Crippen molar-refractivity contribution in [1.29, 1.82) is 0 Å². The van der Waals surface area contributed by atoms with Crippen molar-refractivity contribution >= 4 is 12.1 Å². The fraction of sp³-hybridized carbons (Fsp3) is 0.385. The zero-order chi connectivity index (χ0) is 11.4. The van der Waals surface area contributed by atoms with Gasteiger partial charge in [-0.25, -0.2) is 0 Å². The van der Waals surface area contributed by atoms with Gasteiger partial charge in [0, 0.05) is 23.9 Å². The van der Waals surface area contributed by atoms with Gasteiger partial charge in [-0.1, -0.05) is 30.3 Å². The predicted octanol–water partition coefficient (Wildman–Crippen LogP) is 1.29. The Hall–Kier alpha value is -1.48. The number of hydrogen-bond acceptors (Lipinski definition) is 3. The summed E-state index contributed by atoms with van der Waals surface area (Å²) in [7, 11) is 0. The van der Waals surface area contributed by atoms with Crippen LogP contribution in [0.15, 0.2) is 30.3 Å². The molecule has 0 spiro atoms. The summed E-state index contributed by atoms with van der Waals surface area (Å²) in [5, 5.41) is 3.17. The standard InChI is InChI=1S/C13H15NO2/c15-9-11-6-7-14-8-12(11)13(16)10-4-2-1-3-5-10/h1-5,9,11-12,14H,6-8H2. The molecule has 1 aromatic carbocycles. The molecule has 1 N–H and O–H groups in total. The number of Topliss-reactive ketones (excluding diaryl/α,β-unsaturated/α-hetero) is 1. The molecule has 1 saturated heterocycles. The first-order chi connectivity index (χ1) is 7.83. The van der Waals surface area contributed by atoms with Crippen LogP contribution in [-0.2, 0) is 4.79 Å². The number of piperidine rings is 1. The summed E-state index contributed by atoms with van der Waals surface area (Å²) in [5.41, 5.74) is 0.697. The highest BCUT2D eigenvalue weighted by molar-refractivity contribution is 5.99. The molecule has 1 fully saturated rings. The Balaban J connectivity index is 2.17. The molecule has 0 bridgehead atoms. The number of carbonyl (C=O) groups is 2. The molecular weight excluding hydrogens is 202 g/mol. The number of aldehydes is 1. The van der Waals surface area contributed by atoms with E-state index in [2.05, 4.69) is 5.32 Å². The second kappa shape index (κ2) is 5.03. The number of nitrogens with one attached hydrogen (secondary N) is 1. The van der Waals surface area contributed by atoms with Crippen LogP contribution < -0.4 is 5.32 Å². The second-order valence-electron chi connectivity index (χ2n) is 4.13. The van der Waals surface area contributed by atoms with Crippen LogP contribution in [0.3, 0.4) is 0 Å². The van der Waals surface area contributed by atoms with Crippen molar-refractivity contribution in [2.24, 2.45) is 11.8 Å². The fourth-order valence-electron chi connectivity index (χ4n) is 2.15. The van der Waals surface area contributed by atoms with E-state index in [1.807, 2.05) is 18.2 Å². The van der Waals surface area contributed by atoms with Crippen molar-refractivity contribution in [3.8, 4) is 0 Å². The predicted molar refractivity (Wildman–Crippen MR) is 61.3 cm³/mol. The van der Waals surface area contributed by atoms with Crippen molar-refractivity contribution in [3.63, 3.8) is 0 Å². The van der Waals surface area contributed by atoms with Gasteiger partial charge in [0.1, 0.15) is 6.29 Å². The molecule has 3 heteroatoms. The quantitative estimate of drug-likeness (QED) is 0.613. The molecule has 0 amide bonds. The lowest BCUT2D eigenvalue weighted by Gasteiger charge is -2.27. The van der Waals surface area contributed by atoms with Crippen LogP contribution in [0.25, 0.3) is 0 Å². The summed E-state index contributed by atoms with van der Waals surface area (Å²) in [4.78, 5) is 23.1. The van der Waals surface area contributed by atoms with Crippen LogP contribution in [-0.4, -0.2) is 25.2 Å². The van der Waals surface area contributed by atoms with E-state index < -0.39 is 0 Å². The Labute approximate surface area is 94.9 Å². The van der Waals surface area contributed by atoms with Gasteiger partial charge in [-0.3, -0.25) is 4.79 Å². The average Bonchev–Trinajstić information content (AvgIpc) is 2.39. The SMILES string of the molecule is O=CC1CCNCC1C(=O)c1ccccc1. The number of benzene rings is 1. The van der Waals surface area contributed by atoms with Crippen LogP contribution >= 0.6 is 0 Å². The van der Waals surface area contributed by atoms with Crippen LogP contribution in [0.4, 0.5) is 0 Å². The topological polar surface area (TPSA) is 46.2 Å². The molecule has 0 radical (unpaired) electrons. The zero-order valence-electron chi connectivity index (χ0n) is 9.06. The first kappa shape index (κ1) is 11.0. The van der Waals surface area contributed by atoms with E-state index in [-0.39, 0.29) is 17.6 Å². The Morgan fingerprint density at radius 1 is 1.31 bits per heavy atom. The highest BCUT2D eigenvalue weighted by atomic mass is 16.1. The monoisotopic (exact) mass is 217 g/mol. The number of rotatable bonds is 3. The lowest BCUT2D eigenvalue weighted by molar-refractivity contribution is -0.112. The smallest absolute Gasteiger partial charge is 0.167 e. The van der Waals surface area contributed by atoms with Gasteiger partial charge in [-0.2, -0.15) is 0 Å². The number of carbonyl (C=O) groups excluding carboxylic acids is 2. The number of ketones is 1. The zero-order valence-corrected chi connectivity index (χ0v) is 9.06. The molecule has 3 nitrogen and oxygen atoms in total. The van der Waals surface area contributed by atoms with E-state index in [0.29, 0.717) is 12.1 Å². The van der Waals surface area contributed by atoms with Gasteiger partial charge in [0.15, 0.2) is 5.78 Å². The lowest BCUT2D eigenvalue weighted by atomic mass is 9.82. The molecule has 1 heterocycles. The first-order valence-electron chi connectivity index (χ1n) is 5.58. The molecule has 0 aliphatic carbocycles. The van der Waals surface area contributed by atoms with Gasteiger partial charge in [-0.05, 0) is 13.0 Å². The highest BCUT2D eigenvalue weighted by Gasteiger charge is 2.30. The van der Waals surface area contributed by atoms with Crippen molar-refractivity contribution in [2.75, 3.05) is 13.1 Å². The van der Waals surface area contributed by atoms with Crippen LogP contribution in [0, 0.1) is 11.8 Å². The summed E-state index contributed by atoms with van der Waals surface area (Å²) >= 11 is 0. The van der Waals surface area contributed by atoms with E-state index in [1.165, 1.54) is 0 Å². The van der Waals surface area contributed by atoms with Crippen molar-refractivity contribution in [2.45, 2.75) is 6.42 Å². The Morgan fingerprint density at radius 3 is 2.75 bits per heavy atom. The van der Waals surface area contributed by atoms with Crippen LogP contribution in [0.5, 0.6) is 0 Å². The summed E-state index contributed by atoms with van der Waals surface area (Å²) in [6.45, 7) is 1.43. The summed E-state index contributed by atoms with van der Waals surface area (Å²) in [6.07, 6.45) is 1.68. The van der Waals surface area contributed by atoms with E-state index in [9.17, 15) is 9.59 Å². The molecule has 1 aliphatic rings. The summed E-state index contributed by atoms with van der Waals surface area (Å²) < 4.78 is 0. The maximum atomic E-state index is 12.2. The maximum Gasteiger partial charge on any atom is 0.167 e. The first-order valence-corrected chi connectivity index (χ1v) is 5.58. The summed E-state index contributed by atoms with van der Waals surface area (Å²) in [5.74, 6) is -0.257. The minimum Gasteiger partial charge on any atom is -0.316 e. The van der Waals surface area contributed by atoms with Crippen LogP contribution in [0.2, 0.25) is 0 Å². The van der Waals surface area contributed by atoms with Gasteiger partial charge >= 0.3 is 0 Å². The van der Waals surface area contributed by atoms with Gasteiger partial charge in [0.05, 0.1) is 0 Å². The second-order valence-corrected chi connectivity index (χ2v) is 4.13. The van der Waals surface area contributed by atoms with Crippen LogP contribution in [0.1, 0.15) is 16.8 Å². The molecule has 2 atom stereocenters. The van der Waals surface area contributed by atoms with Gasteiger partial charge < -0.3 is 10.1 Å². The molecule has 0 saturated carbocycles. The normalized spacial score (nSPS) is 25.0. The van der Waals surface area contributed by atoms with E-state index in [0.717, 1.165) is 19.3 Å². The molecule has 0 aromatic heterocycles. The molecule has 2 unspecified atom stereocenters. The molecular formula is C13H15NO2. The van der Waals surface area contributed by atoms with Gasteiger partial charge in [0.2, 0.25) is 0 Å². The van der Waals surface area contributed by atoms with Crippen molar-refractivity contribution in [1.82, 2.24) is 5.32 Å². The van der Waals surface area contributed by atoms with Gasteiger partial charge in [0.25, 0.3) is 0 Å². The lowest BCUT2D eigenvalue weighted by Crippen LogP contribution is -2.41. The average molecular weight is 217 g/mol. The van der Waals surface area contributed by atoms with Crippen molar-refractivity contribution < 1.29 is 9.59 Å². The molecule has 16 heavy (non-hydrogen) atoms. The maximum absolute atomic E-state index is 12.2. The minimum absolute atomic E-state index is 0.0740. The molecule has 1 aliphatic heterocycles. The van der Waals surface area contributed by atoms with E-state index >= 15 is 0 Å². The highest BCUT2D eigenvalue weighted by Crippen LogP contribution is 2.21. The Kier molecular flexibility index (Phi) is 3.47. The van der Waals surface area contributed by atoms with Gasteiger partial charge in [-0.15, -0.1) is 0 Å². The van der Waals surface area contributed by atoms with E-state index in [4.69, 9.17) is 0 Å². The molecule has 84 valence electrons. The molecule has 1 aromatic rings. The third kappa shape index (κ3) is 2.19. The Morgan fingerprint density at radius 2 is 2.06 bits per heavy atom. The summed E-state index contributed by atoms with van der Waals surface area (Å²) in [6, 6.07) is 9.18. The Bertz CT molecular complexity index is 375.